The third-order valence-electron chi connectivity index (χ3n) is 4.49. The van der Waals surface area contributed by atoms with Crippen LogP contribution < -0.4 is 10.1 Å². The molecule has 0 radical (unpaired) electrons. The van der Waals surface area contributed by atoms with Crippen LogP contribution in [0.5, 0.6) is 5.75 Å². The van der Waals surface area contributed by atoms with Crippen LogP contribution in [-0.2, 0) is 4.79 Å². The summed E-state index contributed by atoms with van der Waals surface area (Å²) in [7, 11) is 1.62. The standard InChI is InChI=1S/C17H24N6O2S/c1-3-22-10-8-13(9-11-22)18-16(24)12-26-17-19-20-21-23(17)14-4-6-15(25-2)7-5-14/h4-7,13H,3,8-12H2,1-2H3,(H,18,24). The molecule has 26 heavy (non-hydrogen) atoms. The molecular weight excluding hydrogens is 352 g/mol. The molecule has 0 bridgehead atoms. The van der Waals surface area contributed by atoms with E-state index in [0.29, 0.717) is 10.9 Å². The van der Waals surface area contributed by atoms with Gasteiger partial charge in [0, 0.05) is 19.1 Å². The van der Waals surface area contributed by atoms with Gasteiger partial charge in [-0.1, -0.05) is 18.7 Å². The third kappa shape index (κ3) is 4.73. The van der Waals surface area contributed by atoms with Gasteiger partial charge < -0.3 is 15.0 Å². The Bertz CT molecular complexity index is 712. The van der Waals surface area contributed by atoms with Crippen LogP contribution in [0.3, 0.4) is 0 Å². The Balaban J connectivity index is 1.52. The molecule has 0 atom stereocenters. The monoisotopic (exact) mass is 376 g/mol. The van der Waals surface area contributed by atoms with Crippen LogP contribution in [0.4, 0.5) is 0 Å². The Kier molecular flexibility index (Phi) is 6.45. The Morgan fingerprint density at radius 2 is 2.04 bits per heavy atom. The fourth-order valence-electron chi connectivity index (χ4n) is 2.95. The molecule has 2 heterocycles. The number of amides is 1. The molecule has 140 valence electrons. The van der Waals surface area contributed by atoms with Gasteiger partial charge in [-0.2, -0.15) is 4.68 Å². The van der Waals surface area contributed by atoms with Gasteiger partial charge >= 0.3 is 0 Å². The molecule has 1 N–H and O–H groups in total. The Hall–Kier alpha value is -2.13. The summed E-state index contributed by atoms with van der Waals surface area (Å²) in [6.45, 7) is 5.34. The van der Waals surface area contributed by atoms with Gasteiger partial charge in [-0.25, -0.2) is 0 Å². The lowest BCUT2D eigenvalue weighted by molar-refractivity contribution is -0.119. The first kappa shape index (κ1) is 18.7. The molecule has 3 rings (SSSR count). The number of nitrogens with zero attached hydrogens (tertiary/aromatic N) is 5. The second-order valence-corrected chi connectivity index (χ2v) is 7.08. The van der Waals surface area contributed by atoms with Gasteiger partial charge in [0.2, 0.25) is 11.1 Å². The van der Waals surface area contributed by atoms with Gasteiger partial charge in [-0.05, 0) is 54.1 Å². The second kappa shape index (κ2) is 9.00. The van der Waals surface area contributed by atoms with E-state index < -0.39 is 0 Å². The van der Waals surface area contributed by atoms with Crippen LogP contribution in [0.15, 0.2) is 29.4 Å². The molecule has 1 aromatic heterocycles. The summed E-state index contributed by atoms with van der Waals surface area (Å²) in [5.74, 6) is 1.09. The topological polar surface area (TPSA) is 85.2 Å². The highest BCUT2D eigenvalue weighted by molar-refractivity contribution is 7.99. The van der Waals surface area contributed by atoms with Crippen molar-refractivity contribution in [2.75, 3.05) is 32.5 Å². The summed E-state index contributed by atoms with van der Waals surface area (Å²) in [6.07, 6.45) is 2.02. The Morgan fingerprint density at radius 1 is 1.31 bits per heavy atom. The minimum Gasteiger partial charge on any atom is -0.497 e. The van der Waals surface area contributed by atoms with Crippen molar-refractivity contribution >= 4 is 17.7 Å². The number of carbonyl (C=O) groups is 1. The van der Waals surface area contributed by atoms with E-state index in [4.69, 9.17) is 4.74 Å². The van der Waals surface area contributed by atoms with Crippen LogP contribution in [0.1, 0.15) is 19.8 Å². The first-order chi connectivity index (χ1) is 12.7. The summed E-state index contributed by atoms with van der Waals surface area (Å²) in [6, 6.07) is 7.71. The lowest BCUT2D eigenvalue weighted by atomic mass is 10.1. The van der Waals surface area contributed by atoms with E-state index in [2.05, 4.69) is 32.7 Å². The van der Waals surface area contributed by atoms with Crippen molar-refractivity contribution in [2.45, 2.75) is 31.0 Å². The quantitative estimate of drug-likeness (QED) is 0.730. The fraction of sp³-hybridized carbons (Fsp3) is 0.529. The molecule has 9 heteroatoms. The minimum atomic E-state index is 0.0224. The van der Waals surface area contributed by atoms with Crippen LogP contribution in [-0.4, -0.2) is 69.6 Å². The molecule has 0 saturated carbocycles. The van der Waals surface area contributed by atoms with Crippen LogP contribution in [0.25, 0.3) is 5.69 Å². The minimum absolute atomic E-state index is 0.0224. The number of aromatic nitrogens is 4. The molecule has 8 nitrogen and oxygen atoms in total. The van der Waals surface area contributed by atoms with Crippen molar-refractivity contribution in [2.24, 2.45) is 0 Å². The van der Waals surface area contributed by atoms with Gasteiger partial charge in [0.25, 0.3) is 0 Å². The van der Waals surface area contributed by atoms with Crippen molar-refractivity contribution in [1.29, 1.82) is 0 Å². The molecule has 1 aliphatic rings. The number of tetrazole rings is 1. The van der Waals surface area contributed by atoms with E-state index in [-0.39, 0.29) is 11.9 Å². The van der Waals surface area contributed by atoms with Gasteiger partial charge in [0.1, 0.15) is 5.75 Å². The average Bonchev–Trinajstić information content (AvgIpc) is 3.15. The molecule has 0 spiro atoms. The number of nitrogens with one attached hydrogen (secondary N) is 1. The number of hydrogen-bond donors (Lipinski definition) is 1. The van der Waals surface area contributed by atoms with Crippen LogP contribution in [0, 0.1) is 0 Å². The van der Waals surface area contributed by atoms with Gasteiger partial charge in [-0.15, -0.1) is 5.10 Å². The molecule has 1 fully saturated rings. The highest BCUT2D eigenvalue weighted by Gasteiger charge is 2.20. The van der Waals surface area contributed by atoms with Gasteiger partial charge in [-0.3, -0.25) is 4.79 Å². The number of ether oxygens (including phenoxy) is 1. The zero-order chi connectivity index (χ0) is 18.4. The predicted octanol–water partition coefficient (Wildman–Crippen LogP) is 1.36. The number of carbonyl (C=O) groups excluding carboxylic acids is 1. The highest BCUT2D eigenvalue weighted by atomic mass is 32.2. The van der Waals surface area contributed by atoms with E-state index in [1.165, 1.54) is 11.8 Å². The summed E-state index contributed by atoms with van der Waals surface area (Å²) in [5, 5.41) is 15.5. The number of likely N-dealkylation sites (tertiary alicyclic amines) is 1. The maximum atomic E-state index is 12.2. The Morgan fingerprint density at radius 3 is 2.69 bits per heavy atom. The molecule has 0 unspecified atom stereocenters. The molecule has 2 aromatic rings. The molecule has 0 aliphatic carbocycles. The van der Waals surface area contributed by atoms with Crippen LogP contribution >= 0.6 is 11.8 Å². The zero-order valence-electron chi connectivity index (χ0n) is 15.1. The molecule has 1 aliphatic heterocycles. The zero-order valence-corrected chi connectivity index (χ0v) is 15.9. The van der Waals surface area contributed by atoms with Crippen molar-refractivity contribution in [3.63, 3.8) is 0 Å². The number of benzene rings is 1. The van der Waals surface area contributed by atoms with Gasteiger partial charge in [0.05, 0.1) is 18.6 Å². The number of hydrogen-bond acceptors (Lipinski definition) is 7. The molecule has 1 amide bonds. The summed E-state index contributed by atoms with van der Waals surface area (Å²) in [5.41, 5.74) is 0.825. The number of methoxy groups -OCH3 is 1. The Labute approximate surface area is 157 Å². The molecule has 1 aromatic carbocycles. The summed E-state index contributed by atoms with van der Waals surface area (Å²) in [4.78, 5) is 14.7. The maximum Gasteiger partial charge on any atom is 0.230 e. The third-order valence-corrected chi connectivity index (χ3v) is 5.41. The normalized spacial score (nSPS) is 15.8. The molecule has 1 saturated heterocycles. The smallest absolute Gasteiger partial charge is 0.230 e. The van der Waals surface area contributed by atoms with Crippen molar-refractivity contribution in [3.05, 3.63) is 24.3 Å². The highest BCUT2D eigenvalue weighted by Crippen LogP contribution is 2.20. The maximum absolute atomic E-state index is 12.2. The lowest BCUT2D eigenvalue weighted by Gasteiger charge is -2.31. The van der Waals surface area contributed by atoms with E-state index >= 15 is 0 Å². The van der Waals surface area contributed by atoms with E-state index in [0.717, 1.165) is 43.9 Å². The first-order valence-corrected chi connectivity index (χ1v) is 9.75. The largest absolute Gasteiger partial charge is 0.497 e. The fourth-order valence-corrected chi connectivity index (χ4v) is 3.65. The average molecular weight is 376 g/mol. The van der Waals surface area contributed by atoms with E-state index in [1.807, 2.05) is 24.3 Å². The van der Waals surface area contributed by atoms with Crippen molar-refractivity contribution in [3.8, 4) is 11.4 Å². The van der Waals surface area contributed by atoms with Crippen LogP contribution in [0.2, 0.25) is 0 Å². The molecular formula is C17H24N6O2S. The number of rotatable bonds is 7. The van der Waals surface area contributed by atoms with E-state index in [9.17, 15) is 4.79 Å². The van der Waals surface area contributed by atoms with Gasteiger partial charge in [0.15, 0.2) is 0 Å². The summed E-state index contributed by atoms with van der Waals surface area (Å²) >= 11 is 1.33. The van der Waals surface area contributed by atoms with Crippen molar-refractivity contribution in [1.82, 2.24) is 30.4 Å². The van der Waals surface area contributed by atoms with E-state index in [1.54, 1.807) is 11.8 Å². The number of thioether (sulfide) groups is 1. The first-order valence-electron chi connectivity index (χ1n) is 8.77. The second-order valence-electron chi connectivity index (χ2n) is 6.14. The van der Waals surface area contributed by atoms with Crippen molar-refractivity contribution < 1.29 is 9.53 Å². The lowest BCUT2D eigenvalue weighted by Crippen LogP contribution is -2.45. The predicted molar refractivity (Wildman–Crippen MR) is 99.7 cm³/mol. The number of piperidine rings is 1. The summed E-state index contributed by atoms with van der Waals surface area (Å²) < 4.78 is 6.78. The SMILES string of the molecule is CCN1CCC(NC(=O)CSc2nnnn2-c2ccc(OC)cc2)CC1.